The van der Waals surface area contributed by atoms with Crippen LogP contribution in [0.3, 0.4) is 0 Å². The highest BCUT2D eigenvalue weighted by molar-refractivity contribution is 5.70. The zero-order chi connectivity index (χ0) is 13.0. The molecule has 0 saturated heterocycles. The average Bonchev–Trinajstić information content (AvgIpc) is 2.27. The highest BCUT2D eigenvalue weighted by Gasteiger charge is 2.17. The molecule has 0 amide bonds. The first-order valence-electron chi connectivity index (χ1n) is 6.27. The van der Waals surface area contributed by atoms with E-state index in [0.29, 0.717) is 18.8 Å². The van der Waals surface area contributed by atoms with Gasteiger partial charge in [0.1, 0.15) is 0 Å². The second-order valence-electron chi connectivity index (χ2n) is 4.99. The molecule has 0 spiro atoms. The monoisotopic (exact) mass is 234 g/mol. The maximum atomic E-state index is 11.1. The van der Waals surface area contributed by atoms with Crippen LogP contribution in [0.1, 0.15) is 49.8 Å². The van der Waals surface area contributed by atoms with Crippen LogP contribution in [-0.4, -0.2) is 11.1 Å². The molecule has 1 rings (SSSR count). The predicted octanol–water partition coefficient (Wildman–Crippen LogP) is 3.77. The molecule has 0 aliphatic rings. The van der Waals surface area contributed by atoms with Gasteiger partial charge >= 0.3 is 5.97 Å². The number of aliphatic carboxylic acids is 1. The minimum absolute atomic E-state index is 0.267. The lowest BCUT2D eigenvalue weighted by Gasteiger charge is -2.14. The Labute approximate surface area is 104 Å². The summed E-state index contributed by atoms with van der Waals surface area (Å²) in [5, 5.41) is 9.10. The molecule has 94 valence electrons. The standard InChI is InChI=1S/C15H22O2/c1-5-12(15(16)17)8-14-9-13(10(2)3)7-6-11(14)4/h6-7,9-10,12H,5,8H2,1-4H3,(H,16,17). The Hall–Kier alpha value is -1.31. The molecule has 0 radical (unpaired) electrons. The van der Waals surface area contributed by atoms with E-state index in [1.807, 2.05) is 13.8 Å². The van der Waals surface area contributed by atoms with Crippen LogP contribution in [0.25, 0.3) is 0 Å². The van der Waals surface area contributed by atoms with Gasteiger partial charge in [0.05, 0.1) is 5.92 Å². The molecule has 0 aromatic heterocycles. The first kappa shape index (κ1) is 13.8. The number of benzene rings is 1. The van der Waals surface area contributed by atoms with Crippen molar-refractivity contribution in [3.63, 3.8) is 0 Å². The van der Waals surface area contributed by atoms with Gasteiger partial charge in [0.25, 0.3) is 0 Å². The highest BCUT2D eigenvalue weighted by atomic mass is 16.4. The van der Waals surface area contributed by atoms with E-state index in [0.717, 1.165) is 0 Å². The molecule has 0 aliphatic carbocycles. The lowest BCUT2D eigenvalue weighted by Crippen LogP contribution is -2.16. The Morgan fingerprint density at radius 3 is 2.47 bits per heavy atom. The average molecular weight is 234 g/mol. The number of rotatable bonds is 5. The van der Waals surface area contributed by atoms with Crippen LogP contribution in [0.5, 0.6) is 0 Å². The fourth-order valence-electron chi connectivity index (χ4n) is 1.94. The van der Waals surface area contributed by atoms with Gasteiger partial charge < -0.3 is 5.11 Å². The van der Waals surface area contributed by atoms with E-state index >= 15 is 0 Å². The summed E-state index contributed by atoms with van der Waals surface area (Å²) >= 11 is 0. The van der Waals surface area contributed by atoms with Gasteiger partial charge in [-0.2, -0.15) is 0 Å². The molecule has 1 aromatic carbocycles. The molecule has 1 aromatic rings. The van der Waals surface area contributed by atoms with Crippen LogP contribution in [0, 0.1) is 12.8 Å². The van der Waals surface area contributed by atoms with Crippen LogP contribution in [0.15, 0.2) is 18.2 Å². The Morgan fingerprint density at radius 2 is 2.00 bits per heavy atom. The van der Waals surface area contributed by atoms with Crippen LogP contribution in [-0.2, 0) is 11.2 Å². The minimum Gasteiger partial charge on any atom is -0.481 e. The van der Waals surface area contributed by atoms with E-state index in [4.69, 9.17) is 5.11 Å². The fraction of sp³-hybridized carbons (Fsp3) is 0.533. The van der Waals surface area contributed by atoms with Gasteiger partial charge in [-0.05, 0) is 42.4 Å². The van der Waals surface area contributed by atoms with Gasteiger partial charge in [0, 0.05) is 0 Å². The molecule has 2 nitrogen and oxygen atoms in total. The number of carboxylic acid groups (broad SMARTS) is 1. The molecule has 2 heteroatoms. The number of hydrogen-bond acceptors (Lipinski definition) is 1. The maximum Gasteiger partial charge on any atom is 0.306 e. The third-order valence-electron chi connectivity index (χ3n) is 3.35. The molecule has 0 saturated carbocycles. The van der Waals surface area contributed by atoms with Gasteiger partial charge in [-0.1, -0.05) is 39.0 Å². The van der Waals surface area contributed by atoms with Gasteiger partial charge in [-0.25, -0.2) is 0 Å². The molecule has 1 atom stereocenters. The molecule has 0 aliphatic heterocycles. The third-order valence-corrected chi connectivity index (χ3v) is 3.35. The number of carbonyl (C=O) groups is 1. The lowest BCUT2D eigenvalue weighted by atomic mass is 9.91. The van der Waals surface area contributed by atoms with Crippen LogP contribution < -0.4 is 0 Å². The van der Waals surface area contributed by atoms with Crippen molar-refractivity contribution in [2.45, 2.75) is 46.5 Å². The predicted molar refractivity (Wildman–Crippen MR) is 70.4 cm³/mol. The van der Waals surface area contributed by atoms with Crippen molar-refractivity contribution in [1.29, 1.82) is 0 Å². The van der Waals surface area contributed by atoms with E-state index in [1.165, 1.54) is 16.7 Å². The Morgan fingerprint density at radius 1 is 1.35 bits per heavy atom. The molecule has 0 heterocycles. The lowest BCUT2D eigenvalue weighted by molar-refractivity contribution is -0.141. The smallest absolute Gasteiger partial charge is 0.306 e. The summed E-state index contributed by atoms with van der Waals surface area (Å²) in [6.45, 7) is 8.29. The molecule has 1 N–H and O–H groups in total. The van der Waals surface area contributed by atoms with E-state index in [1.54, 1.807) is 0 Å². The summed E-state index contributed by atoms with van der Waals surface area (Å²) in [7, 11) is 0. The summed E-state index contributed by atoms with van der Waals surface area (Å²) < 4.78 is 0. The molecule has 1 unspecified atom stereocenters. The summed E-state index contributed by atoms with van der Waals surface area (Å²) in [6.07, 6.45) is 1.32. The molecular formula is C15H22O2. The van der Waals surface area contributed by atoms with Gasteiger partial charge in [0.2, 0.25) is 0 Å². The van der Waals surface area contributed by atoms with E-state index in [2.05, 4.69) is 32.0 Å². The molecular weight excluding hydrogens is 212 g/mol. The van der Waals surface area contributed by atoms with Crippen molar-refractivity contribution in [2.75, 3.05) is 0 Å². The van der Waals surface area contributed by atoms with Crippen molar-refractivity contribution in [3.05, 3.63) is 34.9 Å². The normalized spacial score (nSPS) is 12.8. The SMILES string of the molecule is CCC(Cc1cc(C(C)C)ccc1C)C(=O)O. The first-order chi connectivity index (χ1) is 7.95. The fourth-order valence-corrected chi connectivity index (χ4v) is 1.94. The van der Waals surface area contributed by atoms with Crippen molar-refractivity contribution in [2.24, 2.45) is 5.92 Å². The van der Waals surface area contributed by atoms with Crippen LogP contribution in [0.2, 0.25) is 0 Å². The van der Waals surface area contributed by atoms with Crippen molar-refractivity contribution in [1.82, 2.24) is 0 Å². The Balaban J connectivity index is 2.96. The zero-order valence-corrected chi connectivity index (χ0v) is 11.2. The number of hydrogen-bond donors (Lipinski definition) is 1. The highest BCUT2D eigenvalue weighted by Crippen LogP contribution is 2.22. The van der Waals surface area contributed by atoms with Gasteiger partial charge in [-0.3, -0.25) is 4.79 Å². The summed E-state index contributed by atoms with van der Waals surface area (Å²) in [6, 6.07) is 6.38. The third kappa shape index (κ3) is 3.58. The summed E-state index contributed by atoms with van der Waals surface area (Å²) in [4.78, 5) is 11.1. The number of carboxylic acids is 1. The Kier molecular flexibility index (Phi) is 4.73. The molecule has 17 heavy (non-hydrogen) atoms. The topological polar surface area (TPSA) is 37.3 Å². The Bertz CT molecular complexity index is 394. The maximum absolute atomic E-state index is 11.1. The summed E-state index contributed by atoms with van der Waals surface area (Å²) in [5.74, 6) is -0.475. The van der Waals surface area contributed by atoms with E-state index in [9.17, 15) is 4.79 Å². The molecule has 0 fully saturated rings. The quantitative estimate of drug-likeness (QED) is 0.842. The largest absolute Gasteiger partial charge is 0.481 e. The zero-order valence-electron chi connectivity index (χ0n) is 11.2. The van der Waals surface area contributed by atoms with Gasteiger partial charge in [-0.15, -0.1) is 0 Å². The minimum atomic E-state index is -0.693. The second-order valence-corrected chi connectivity index (χ2v) is 4.99. The van der Waals surface area contributed by atoms with Gasteiger partial charge in [0.15, 0.2) is 0 Å². The first-order valence-corrected chi connectivity index (χ1v) is 6.27. The summed E-state index contributed by atoms with van der Waals surface area (Å²) in [5.41, 5.74) is 3.64. The van der Waals surface area contributed by atoms with E-state index < -0.39 is 5.97 Å². The van der Waals surface area contributed by atoms with Crippen LogP contribution >= 0.6 is 0 Å². The van der Waals surface area contributed by atoms with Crippen molar-refractivity contribution < 1.29 is 9.90 Å². The van der Waals surface area contributed by atoms with Crippen molar-refractivity contribution in [3.8, 4) is 0 Å². The second kappa shape index (κ2) is 5.85. The van der Waals surface area contributed by atoms with E-state index in [-0.39, 0.29) is 5.92 Å². The molecule has 0 bridgehead atoms. The number of aryl methyl sites for hydroxylation is 1. The van der Waals surface area contributed by atoms with Crippen molar-refractivity contribution >= 4 is 5.97 Å². The van der Waals surface area contributed by atoms with Crippen LogP contribution in [0.4, 0.5) is 0 Å².